The third-order valence-corrected chi connectivity index (χ3v) is 11.0. The molecule has 2 aliphatic heterocycles. The first-order valence-corrected chi connectivity index (χ1v) is 23.9. The van der Waals surface area contributed by atoms with Crippen LogP contribution in [0.15, 0.2) is 60.8 Å². The Morgan fingerprint density at radius 3 is 1.63 bits per heavy atom. The molecule has 0 bridgehead atoms. The number of hydrogen-bond donors (Lipinski definition) is 7. The molecule has 364 valence electrons. The zero-order valence-corrected chi connectivity index (χ0v) is 38.3. The fourth-order valence-electron chi connectivity index (χ4n) is 7.08. The van der Waals surface area contributed by atoms with E-state index >= 15 is 0 Å². The number of allylic oxidation sites excluding steroid dienone is 10. The second kappa shape index (κ2) is 36.9. The molecule has 0 spiro atoms. The van der Waals surface area contributed by atoms with Gasteiger partial charge in [-0.25, -0.2) is 0 Å². The summed E-state index contributed by atoms with van der Waals surface area (Å²) in [4.78, 5) is 13.0. The summed E-state index contributed by atoms with van der Waals surface area (Å²) in [6, 6.07) is 0. The van der Waals surface area contributed by atoms with Crippen LogP contribution in [0.4, 0.5) is 0 Å². The van der Waals surface area contributed by atoms with Crippen LogP contribution in [-0.2, 0) is 33.2 Å². The average molecular weight is 897 g/mol. The van der Waals surface area contributed by atoms with Gasteiger partial charge in [0.25, 0.3) is 0 Å². The van der Waals surface area contributed by atoms with E-state index in [2.05, 4.69) is 74.6 Å². The molecule has 11 atom stereocenters. The Kier molecular flexibility index (Phi) is 33.2. The molecule has 14 nitrogen and oxygen atoms in total. The van der Waals surface area contributed by atoms with E-state index in [1.54, 1.807) is 0 Å². The third kappa shape index (κ3) is 25.3. The van der Waals surface area contributed by atoms with Crippen molar-refractivity contribution in [3.8, 4) is 0 Å². The van der Waals surface area contributed by atoms with Crippen LogP contribution in [0.5, 0.6) is 0 Å². The molecular weight excluding hydrogens is 813 g/mol. The van der Waals surface area contributed by atoms with Gasteiger partial charge in [-0.05, 0) is 70.6 Å². The summed E-state index contributed by atoms with van der Waals surface area (Å²) in [7, 11) is 0. The van der Waals surface area contributed by atoms with E-state index in [0.717, 1.165) is 83.5 Å². The van der Waals surface area contributed by atoms with Gasteiger partial charge in [0.05, 0.1) is 26.4 Å². The summed E-state index contributed by atoms with van der Waals surface area (Å²) in [6.45, 7) is 3.46. The Labute approximate surface area is 377 Å². The number of carbonyl (C=O) groups is 1. The number of ether oxygens (including phenoxy) is 6. The molecule has 2 fully saturated rings. The maximum Gasteiger partial charge on any atom is 0.306 e. The van der Waals surface area contributed by atoms with Crippen LogP contribution in [0.3, 0.4) is 0 Å². The number of unbranched alkanes of at least 4 members (excludes halogenated alkanes) is 12. The van der Waals surface area contributed by atoms with E-state index in [1.165, 1.54) is 32.1 Å². The standard InChI is InChI=1S/C49H84O14/c1-3-5-7-9-11-13-15-17-18-19-20-21-22-24-26-28-30-32-41(51)61-38(35-58-33-31-29-27-25-23-16-14-12-10-8-6-4-2)36-59-48-47(57)45(55)43(53)40(63-48)37-60-49-46(56)44(54)42(52)39(34-50)62-49/h5,7,10-13,17-18,20-21,38-40,42-50,52-57H,3-4,6,8-9,14-16,19,22-37H2,1-2H3/b7-5-,12-10-,13-11-,18-17-,21-20-. The summed E-state index contributed by atoms with van der Waals surface area (Å²) in [5.74, 6) is -0.405. The van der Waals surface area contributed by atoms with Gasteiger partial charge in [0.2, 0.25) is 0 Å². The maximum atomic E-state index is 13.0. The predicted octanol–water partition coefficient (Wildman–Crippen LogP) is 6.18. The highest BCUT2D eigenvalue weighted by Gasteiger charge is 2.47. The number of hydrogen-bond acceptors (Lipinski definition) is 14. The van der Waals surface area contributed by atoms with Crippen LogP contribution in [0.25, 0.3) is 0 Å². The molecule has 0 aromatic heterocycles. The van der Waals surface area contributed by atoms with Gasteiger partial charge in [0.1, 0.15) is 54.9 Å². The first-order valence-electron chi connectivity index (χ1n) is 23.9. The lowest BCUT2D eigenvalue weighted by atomic mass is 9.98. The molecule has 11 unspecified atom stereocenters. The van der Waals surface area contributed by atoms with Crippen LogP contribution < -0.4 is 0 Å². The van der Waals surface area contributed by atoms with Crippen molar-refractivity contribution < 1.29 is 69.0 Å². The molecule has 0 aromatic rings. The predicted molar refractivity (Wildman–Crippen MR) is 242 cm³/mol. The Bertz CT molecular complexity index is 1270. The van der Waals surface area contributed by atoms with Gasteiger partial charge in [0, 0.05) is 13.0 Å². The minimum Gasteiger partial charge on any atom is -0.457 e. The Morgan fingerprint density at radius 1 is 0.540 bits per heavy atom. The Hall–Kier alpha value is -2.31. The first kappa shape index (κ1) is 56.8. The number of aliphatic hydroxyl groups excluding tert-OH is 7. The zero-order chi connectivity index (χ0) is 45.9. The SMILES string of the molecule is CC/C=C\C/C=C\C/C=C\C/C=C\CCCCCCC(=O)OC(COCCCCCCCC/C=C\CCCC)COC1OC(COC2OC(CO)C(O)C(O)C2O)C(O)C(O)C1O. The monoisotopic (exact) mass is 897 g/mol. The Morgan fingerprint density at radius 2 is 1.03 bits per heavy atom. The van der Waals surface area contributed by atoms with Gasteiger partial charge in [-0.15, -0.1) is 0 Å². The fraction of sp³-hybridized carbons (Fsp3) is 0.776. The number of aliphatic hydroxyl groups is 7. The highest BCUT2D eigenvalue weighted by atomic mass is 16.7. The van der Waals surface area contributed by atoms with E-state index in [1.807, 2.05) is 0 Å². The maximum absolute atomic E-state index is 13.0. The first-order chi connectivity index (χ1) is 30.6. The lowest BCUT2D eigenvalue weighted by Crippen LogP contribution is -2.61. The molecule has 0 aliphatic carbocycles. The van der Waals surface area contributed by atoms with E-state index in [4.69, 9.17) is 28.4 Å². The third-order valence-electron chi connectivity index (χ3n) is 11.0. The average Bonchev–Trinajstić information content (AvgIpc) is 3.28. The minimum atomic E-state index is -1.71. The lowest BCUT2D eigenvalue weighted by Gasteiger charge is -2.42. The molecule has 0 aromatic carbocycles. The topological polar surface area (TPSA) is 214 Å². The number of carbonyl (C=O) groups excluding carboxylic acids is 1. The van der Waals surface area contributed by atoms with Gasteiger partial charge in [-0.1, -0.05) is 126 Å². The van der Waals surface area contributed by atoms with Gasteiger partial charge >= 0.3 is 5.97 Å². The zero-order valence-electron chi connectivity index (χ0n) is 38.3. The van der Waals surface area contributed by atoms with Crippen molar-refractivity contribution in [3.05, 3.63) is 60.8 Å². The molecule has 2 saturated heterocycles. The van der Waals surface area contributed by atoms with Crippen LogP contribution in [-0.4, -0.2) is 142 Å². The van der Waals surface area contributed by atoms with Crippen molar-refractivity contribution in [2.75, 3.05) is 33.0 Å². The van der Waals surface area contributed by atoms with Crippen LogP contribution in [0, 0.1) is 0 Å². The largest absolute Gasteiger partial charge is 0.457 e. The molecule has 2 heterocycles. The molecule has 0 saturated carbocycles. The highest BCUT2D eigenvalue weighted by Crippen LogP contribution is 2.26. The van der Waals surface area contributed by atoms with Gasteiger partial charge < -0.3 is 64.2 Å². The summed E-state index contributed by atoms with van der Waals surface area (Å²) in [5.41, 5.74) is 0. The fourth-order valence-corrected chi connectivity index (χ4v) is 7.08. The van der Waals surface area contributed by atoms with Crippen LogP contribution >= 0.6 is 0 Å². The highest BCUT2D eigenvalue weighted by molar-refractivity contribution is 5.69. The van der Waals surface area contributed by atoms with Crippen LogP contribution in [0.1, 0.15) is 142 Å². The second-order valence-electron chi connectivity index (χ2n) is 16.5. The summed E-state index contributed by atoms with van der Waals surface area (Å²) >= 11 is 0. The molecule has 2 rings (SSSR count). The second-order valence-corrected chi connectivity index (χ2v) is 16.5. The molecule has 14 heteroatoms. The lowest BCUT2D eigenvalue weighted by molar-refractivity contribution is -0.332. The van der Waals surface area contributed by atoms with E-state index in [0.29, 0.717) is 13.0 Å². The molecule has 63 heavy (non-hydrogen) atoms. The molecule has 0 radical (unpaired) electrons. The smallest absolute Gasteiger partial charge is 0.306 e. The molecular formula is C49H84O14. The van der Waals surface area contributed by atoms with Crippen molar-refractivity contribution in [2.24, 2.45) is 0 Å². The van der Waals surface area contributed by atoms with Crippen molar-refractivity contribution in [1.29, 1.82) is 0 Å². The van der Waals surface area contributed by atoms with E-state index < -0.39 is 86.7 Å². The van der Waals surface area contributed by atoms with E-state index in [-0.39, 0.29) is 19.6 Å². The van der Waals surface area contributed by atoms with Crippen LogP contribution in [0.2, 0.25) is 0 Å². The summed E-state index contributed by atoms with van der Waals surface area (Å²) in [6.07, 6.45) is 25.7. The normalized spacial score (nSPS) is 27.5. The van der Waals surface area contributed by atoms with Crippen molar-refractivity contribution >= 4 is 5.97 Å². The quantitative estimate of drug-likeness (QED) is 0.0213. The number of rotatable bonds is 36. The number of esters is 1. The van der Waals surface area contributed by atoms with Crippen molar-refractivity contribution in [3.63, 3.8) is 0 Å². The van der Waals surface area contributed by atoms with E-state index in [9.17, 15) is 40.5 Å². The van der Waals surface area contributed by atoms with Crippen molar-refractivity contribution in [1.82, 2.24) is 0 Å². The van der Waals surface area contributed by atoms with Gasteiger partial charge in [-0.2, -0.15) is 0 Å². The Balaban J connectivity index is 1.81. The van der Waals surface area contributed by atoms with Crippen molar-refractivity contribution in [2.45, 2.75) is 210 Å². The summed E-state index contributed by atoms with van der Waals surface area (Å²) < 4.78 is 34.1. The molecule has 7 N–H and O–H groups in total. The van der Waals surface area contributed by atoms with Gasteiger partial charge in [-0.3, -0.25) is 4.79 Å². The molecule has 2 aliphatic rings. The minimum absolute atomic E-state index is 0.0443. The van der Waals surface area contributed by atoms with Gasteiger partial charge in [0.15, 0.2) is 12.6 Å². The molecule has 0 amide bonds. The summed E-state index contributed by atoms with van der Waals surface area (Å²) in [5, 5.41) is 72.0.